The number of rotatable bonds is 11. The topological polar surface area (TPSA) is 35.2 Å². The van der Waals surface area contributed by atoms with E-state index in [4.69, 9.17) is 10.5 Å². The second kappa shape index (κ2) is 9.80. The summed E-state index contributed by atoms with van der Waals surface area (Å²) in [4.78, 5) is 0. The van der Waals surface area contributed by atoms with E-state index in [1.165, 1.54) is 77.0 Å². The Balaban J connectivity index is 1.89. The van der Waals surface area contributed by atoms with Gasteiger partial charge in [0.15, 0.2) is 0 Å². The summed E-state index contributed by atoms with van der Waals surface area (Å²) in [5.74, 6) is 0. The fraction of sp³-hybridized carbons (Fsp3) is 1.00. The summed E-state index contributed by atoms with van der Waals surface area (Å²) in [5.41, 5.74) is 5.91. The van der Waals surface area contributed by atoms with Crippen molar-refractivity contribution in [2.75, 3.05) is 13.2 Å². The summed E-state index contributed by atoms with van der Waals surface area (Å²) in [6.45, 7) is 3.91. The fourth-order valence-corrected chi connectivity index (χ4v) is 2.95. The van der Waals surface area contributed by atoms with Gasteiger partial charge < -0.3 is 10.5 Å². The molecule has 0 radical (unpaired) electrons. The summed E-state index contributed by atoms with van der Waals surface area (Å²) >= 11 is 0. The molecule has 0 aromatic heterocycles. The lowest BCUT2D eigenvalue weighted by Crippen LogP contribution is -2.38. The van der Waals surface area contributed by atoms with Gasteiger partial charge in [0.2, 0.25) is 0 Å². The first-order valence-electron chi connectivity index (χ1n) is 8.17. The average Bonchev–Trinajstić information content (AvgIpc) is 2.86. The lowest BCUT2D eigenvalue weighted by molar-refractivity contribution is -0.0351. The first-order valence-corrected chi connectivity index (χ1v) is 8.17. The molecule has 18 heavy (non-hydrogen) atoms. The lowest BCUT2D eigenvalue weighted by atomic mass is 10.0. The van der Waals surface area contributed by atoms with Crippen molar-refractivity contribution in [1.29, 1.82) is 0 Å². The summed E-state index contributed by atoms with van der Waals surface area (Å²) in [6, 6.07) is 0. The van der Waals surface area contributed by atoms with Crippen molar-refractivity contribution in [3.8, 4) is 0 Å². The zero-order chi connectivity index (χ0) is 13.1. The summed E-state index contributed by atoms with van der Waals surface area (Å²) < 4.78 is 6.06. The molecule has 0 aromatic rings. The molecule has 0 aliphatic heterocycles. The lowest BCUT2D eigenvalue weighted by Gasteiger charge is -2.27. The van der Waals surface area contributed by atoms with Gasteiger partial charge in [0.1, 0.15) is 0 Å². The molecule has 2 heteroatoms. The van der Waals surface area contributed by atoms with E-state index in [-0.39, 0.29) is 5.60 Å². The molecule has 2 N–H and O–H groups in total. The standard InChI is InChI=1S/C16H33NO/c1-2-3-4-5-6-7-8-11-14-18-16(15-17)12-9-10-13-16/h2-15,17H2,1H3. The molecule has 0 saturated heterocycles. The van der Waals surface area contributed by atoms with Gasteiger partial charge >= 0.3 is 0 Å². The van der Waals surface area contributed by atoms with E-state index >= 15 is 0 Å². The molecule has 1 aliphatic rings. The third kappa shape index (κ3) is 6.19. The van der Waals surface area contributed by atoms with Crippen LogP contribution in [0.5, 0.6) is 0 Å². The summed E-state index contributed by atoms with van der Waals surface area (Å²) in [5, 5.41) is 0. The monoisotopic (exact) mass is 255 g/mol. The van der Waals surface area contributed by atoms with E-state index in [9.17, 15) is 0 Å². The smallest absolute Gasteiger partial charge is 0.0804 e. The minimum Gasteiger partial charge on any atom is -0.374 e. The minimum absolute atomic E-state index is 0.0567. The highest BCUT2D eigenvalue weighted by molar-refractivity contribution is 4.87. The minimum atomic E-state index is 0.0567. The molecule has 1 rings (SSSR count). The normalized spacial score (nSPS) is 18.3. The molecule has 2 nitrogen and oxygen atoms in total. The zero-order valence-electron chi connectivity index (χ0n) is 12.4. The van der Waals surface area contributed by atoms with Crippen molar-refractivity contribution in [3.05, 3.63) is 0 Å². The van der Waals surface area contributed by atoms with Crippen molar-refractivity contribution in [2.24, 2.45) is 5.73 Å². The van der Waals surface area contributed by atoms with Crippen LogP contribution in [0.15, 0.2) is 0 Å². The number of ether oxygens (including phenoxy) is 1. The van der Waals surface area contributed by atoms with Crippen molar-refractivity contribution >= 4 is 0 Å². The van der Waals surface area contributed by atoms with E-state index in [1.54, 1.807) is 0 Å². The van der Waals surface area contributed by atoms with Gasteiger partial charge in [-0.25, -0.2) is 0 Å². The highest BCUT2D eigenvalue weighted by Crippen LogP contribution is 2.32. The molecule has 0 unspecified atom stereocenters. The van der Waals surface area contributed by atoms with Crippen LogP contribution in [0.4, 0.5) is 0 Å². The van der Waals surface area contributed by atoms with E-state index in [0.29, 0.717) is 6.54 Å². The van der Waals surface area contributed by atoms with E-state index < -0.39 is 0 Å². The Morgan fingerprint density at radius 3 is 2.00 bits per heavy atom. The van der Waals surface area contributed by atoms with E-state index in [2.05, 4.69) is 6.92 Å². The van der Waals surface area contributed by atoms with Crippen LogP contribution in [-0.2, 0) is 4.74 Å². The van der Waals surface area contributed by atoms with E-state index in [0.717, 1.165) is 6.61 Å². The number of hydrogen-bond acceptors (Lipinski definition) is 2. The molecule has 0 amide bonds. The number of nitrogens with two attached hydrogens (primary N) is 1. The molecule has 1 fully saturated rings. The summed E-state index contributed by atoms with van der Waals surface area (Å²) in [7, 11) is 0. The third-order valence-corrected chi connectivity index (χ3v) is 4.29. The Bertz CT molecular complexity index is 188. The van der Waals surface area contributed by atoms with Crippen LogP contribution in [0.25, 0.3) is 0 Å². The van der Waals surface area contributed by atoms with Gasteiger partial charge in [0, 0.05) is 13.2 Å². The maximum absolute atomic E-state index is 6.06. The molecular formula is C16H33NO. The van der Waals surface area contributed by atoms with Crippen molar-refractivity contribution in [2.45, 2.75) is 89.6 Å². The van der Waals surface area contributed by atoms with Gasteiger partial charge in [-0.1, -0.05) is 64.7 Å². The van der Waals surface area contributed by atoms with Crippen molar-refractivity contribution in [3.63, 3.8) is 0 Å². The third-order valence-electron chi connectivity index (χ3n) is 4.29. The van der Waals surface area contributed by atoms with Crippen LogP contribution in [0.1, 0.15) is 84.0 Å². The molecule has 0 bridgehead atoms. The first kappa shape index (κ1) is 16.0. The van der Waals surface area contributed by atoms with Crippen LogP contribution < -0.4 is 5.73 Å². The van der Waals surface area contributed by atoms with Gasteiger partial charge in [-0.05, 0) is 19.3 Å². The first-order chi connectivity index (χ1) is 8.83. The van der Waals surface area contributed by atoms with Gasteiger partial charge in [0.25, 0.3) is 0 Å². The Morgan fingerprint density at radius 1 is 0.889 bits per heavy atom. The van der Waals surface area contributed by atoms with Gasteiger partial charge in [-0.3, -0.25) is 0 Å². The Hall–Kier alpha value is -0.0800. The average molecular weight is 255 g/mol. The summed E-state index contributed by atoms with van der Waals surface area (Å²) in [6.07, 6.45) is 15.9. The number of hydrogen-bond donors (Lipinski definition) is 1. The van der Waals surface area contributed by atoms with E-state index in [1.807, 2.05) is 0 Å². The molecular weight excluding hydrogens is 222 g/mol. The molecule has 1 saturated carbocycles. The van der Waals surface area contributed by atoms with Crippen LogP contribution in [0, 0.1) is 0 Å². The molecule has 108 valence electrons. The second-order valence-corrected chi connectivity index (χ2v) is 5.92. The highest BCUT2D eigenvalue weighted by Gasteiger charge is 2.32. The highest BCUT2D eigenvalue weighted by atomic mass is 16.5. The molecule has 0 atom stereocenters. The second-order valence-electron chi connectivity index (χ2n) is 5.92. The van der Waals surface area contributed by atoms with Gasteiger partial charge in [0.05, 0.1) is 5.60 Å². The van der Waals surface area contributed by atoms with Crippen LogP contribution in [0.2, 0.25) is 0 Å². The quantitative estimate of drug-likeness (QED) is 0.555. The molecule has 0 spiro atoms. The maximum Gasteiger partial charge on any atom is 0.0804 e. The Labute approximate surface area is 114 Å². The zero-order valence-corrected chi connectivity index (χ0v) is 12.4. The maximum atomic E-state index is 6.06. The van der Waals surface area contributed by atoms with Crippen LogP contribution in [-0.4, -0.2) is 18.8 Å². The SMILES string of the molecule is CCCCCCCCCCOC1(CN)CCCC1. The van der Waals surface area contributed by atoms with Gasteiger partial charge in [-0.2, -0.15) is 0 Å². The Kier molecular flexibility index (Phi) is 8.70. The fourth-order valence-electron chi connectivity index (χ4n) is 2.95. The molecule has 0 heterocycles. The predicted octanol–water partition coefficient (Wildman–Crippen LogP) is 4.42. The Morgan fingerprint density at radius 2 is 1.44 bits per heavy atom. The number of unbranched alkanes of at least 4 members (excludes halogenated alkanes) is 7. The van der Waals surface area contributed by atoms with Crippen LogP contribution >= 0.6 is 0 Å². The molecule has 0 aromatic carbocycles. The van der Waals surface area contributed by atoms with Crippen molar-refractivity contribution in [1.82, 2.24) is 0 Å². The predicted molar refractivity (Wildman–Crippen MR) is 78.8 cm³/mol. The van der Waals surface area contributed by atoms with Crippen molar-refractivity contribution < 1.29 is 4.74 Å². The van der Waals surface area contributed by atoms with Gasteiger partial charge in [-0.15, -0.1) is 0 Å². The van der Waals surface area contributed by atoms with Crippen LogP contribution in [0.3, 0.4) is 0 Å². The molecule has 1 aliphatic carbocycles. The largest absolute Gasteiger partial charge is 0.374 e.